The van der Waals surface area contributed by atoms with Gasteiger partial charge in [0.15, 0.2) is 0 Å². The van der Waals surface area contributed by atoms with Gasteiger partial charge in [-0.1, -0.05) is 66.2 Å². The Hall–Kier alpha value is -3.55. The average Bonchev–Trinajstić information content (AvgIpc) is 3.86. The van der Waals surface area contributed by atoms with Gasteiger partial charge in [-0.2, -0.15) is 0 Å². The number of hydrogen-bond donors (Lipinski definition) is 0. The number of carbonyl (C=O) groups is 2. The quantitative estimate of drug-likeness (QED) is 0.212. The van der Waals surface area contributed by atoms with Crippen molar-refractivity contribution < 1.29 is 19.1 Å². The minimum absolute atomic E-state index is 0.0381. The minimum atomic E-state index is -0.619. The van der Waals surface area contributed by atoms with E-state index >= 15 is 0 Å². The molecule has 7 nitrogen and oxygen atoms in total. The maximum atomic E-state index is 14.8. The topological polar surface area (TPSA) is 62.3 Å². The van der Waals surface area contributed by atoms with Crippen LogP contribution in [0.15, 0.2) is 72.8 Å². The first-order valence-corrected chi connectivity index (χ1v) is 16.4. The third kappa shape index (κ3) is 8.19. The lowest BCUT2D eigenvalue weighted by molar-refractivity contribution is -0.124. The number of piperidine rings is 1. The van der Waals surface area contributed by atoms with E-state index in [0.717, 1.165) is 53.9 Å². The van der Waals surface area contributed by atoms with Gasteiger partial charge in [0.05, 0.1) is 16.6 Å². The van der Waals surface area contributed by atoms with Crippen molar-refractivity contribution in [3.05, 3.63) is 83.4 Å². The number of halogens is 1. The molecule has 0 spiro atoms. The summed E-state index contributed by atoms with van der Waals surface area (Å²) in [5, 5.41) is 0.645. The molecule has 1 heterocycles. The first kappa shape index (κ1) is 32.8. The van der Waals surface area contributed by atoms with E-state index in [-0.39, 0.29) is 24.0 Å². The maximum Gasteiger partial charge on any atom is 0.410 e. The van der Waals surface area contributed by atoms with E-state index in [1.165, 1.54) is 0 Å². The number of hydrogen-bond acceptors (Lipinski definition) is 5. The van der Waals surface area contributed by atoms with Crippen LogP contribution in [0.4, 0.5) is 16.2 Å². The minimum Gasteiger partial charge on any atom is -0.444 e. The second-order valence-electron chi connectivity index (χ2n) is 13.3. The van der Waals surface area contributed by atoms with Crippen LogP contribution in [0, 0.1) is 5.92 Å². The van der Waals surface area contributed by atoms with Crippen LogP contribution in [0.5, 0.6) is 0 Å². The number of amides is 2. The molecule has 5 rings (SSSR count). The van der Waals surface area contributed by atoms with Crippen molar-refractivity contribution in [2.75, 3.05) is 50.2 Å². The molecule has 2 atom stereocenters. The third-order valence-electron chi connectivity index (χ3n) is 8.61. The summed E-state index contributed by atoms with van der Waals surface area (Å²) in [4.78, 5) is 33.9. The SMILES string of the molecule is COCCCN(C)c1cc(N(C(=O)[C@H]2CN(C(=O)OC(C)(C)C)CC[C@@H]2c2cccc(-c3ccccc3)c2)C2CC2)ccc1Cl. The van der Waals surface area contributed by atoms with Gasteiger partial charge in [0.1, 0.15) is 5.60 Å². The Bertz CT molecular complexity index is 1470. The number of methoxy groups -OCH3 is 1. The summed E-state index contributed by atoms with van der Waals surface area (Å²) in [7, 11) is 3.71. The van der Waals surface area contributed by atoms with Crippen LogP contribution in [-0.4, -0.2) is 68.9 Å². The summed E-state index contributed by atoms with van der Waals surface area (Å²) in [5.74, 6) is -0.447. The molecule has 2 fully saturated rings. The lowest BCUT2D eigenvalue weighted by atomic mass is 9.79. The van der Waals surface area contributed by atoms with Crippen LogP contribution in [0.3, 0.4) is 0 Å². The van der Waals surface area contributed by atoms with E-state index in [1.54, 1.807) is 12.0 Å². The monoisotopic (exact) mass is 631 g/mol. The van der Waals surface area contributed by atoms with E-state index < -0.39 is 11.5 Å². The van der Waals surface area contributed by atoms with Crippen molar-refractivity contribution in [3.8, 4) is 11.1 Å². The molecule has 0 radical (unpaired) electrons. The highest BCUT2D eigenvalue weighted by Gasteiger charge is 2.44. The van der Waals surface area contributed by atoms with Crippen LogP contribution in [0.1, 0.15) is 57.9 Å². The molecule has 2 aliphatic rings. The number of anilines is 2. The fraction of sp³-hybridized carbons (Fsp3) is 0.459. The maximum absolute atomic E-state index is 14.8. The molecule has 0 N–H and O–H groups in total. The lowest BCUT2D eigenvalue weighted by Crippen LogP contribution is -2.51. The first-order valence-electron chi connectivity index (χ1n) is 16.0. The van der Waals surface area contributed by atoms with Gasteiger partial charge in [0.25, 0.3) is 0 Å². The molecular formula is C37H46ClN3O4. The number of likely N-dealkylation sites (tertiary alicyclic amines) is 1. The highest BCUT2D eigenvalue weighted by molar-refractivity contribution is 6.33. The van der Waals surface area contributed by atoms with Crippen LogP contribution in [-0.2, 0) is 14.3 Å². The largest absolute Gasteiger partial charge is 0.444 e. The molecule has 0 unspecified atom stereocenters. The fourth-order valence-electron chi connectivity index (χ4n) is 6.21. The third-order valence-corrected chi connectivity index (χ3v) is 8.93. The Morgan fingerprint density at radius 1 is 0.956 bits per heavy atom. The van der Waals surface area contributed by atoms with E-state index in [2.05, 4.69) is 41.3 Å². The van der Waals surface area contributed by atoms with Gasteiger partial charge >= 0.3 is 6.09 Å². The summed E-state index contributed by atoms with van der Waals surface area (Å²) in [6.45, 7) is 7.88. The van der Waals surface area contributed by atoms with E-state index in [9.17, 15) is 9.59 Å². The molecule has 0 aromatic heterocycles. The normalized spacial score (nSPS) is 18.4. The van der Waals surface area contributed by atoms with Crippen molar-refractivity contribution in [2.45, 2.75) is 64.0 Å². The van der Waals surface area contributed by atoms with Gasteiger partial charge in [0, 0.05) is 52.1 Å². The van der Waals surface area contributed by atoms with E-state index in [0.29, 0.717) is 31.1 Å². The lowest BCUT2D eigenvalue weighted by Gasteiger charge is -2.40. The Morgan fingerprint density at radius 2 is 1.69 bits per heavy atom. The summed E-state index contributed by atoms with van der Waals surface area (Å²) in [6.07, 6.45) is 3.06. The van der Waals surface area contributed by atoms with Gasteiger partial charge < -0.3 is 24.2 Å². The molecule has 2 amide bonds. The van der Waals surface area contributed by atoms with E-state index in [1.807, 2.05) is 69.1 Å². The second kappa shape index (κ2) is 14.3. The van der Waals surface area contributed by atoms with Gasteiger partial charge in [-0.15, -0.1) is 0 Å². The molecular weight excluding hydrogens is 586 g/mol. The molecule has 3 aromatic carbocycles. The summed E-state index contributed by atoms with van der Waals surface area (Å²) in [5.41, 5.74) is 4.47. The number of benzene rings is 3. The van der Waals surface area contributed by atoms with Crippen molar-refractivity contribution in [2.24, 2.45) is 5.92 Å². The summed E-state index contributed by atoms with van der Waals surface area (Å²) in [6, 6.07) is 24.8. The molecule has 0 bridgehead atoms. The zero-order valence-corrected chi connectivity index (χ0v) is 27.9. The number of ether oxygens (including phenoxy) is 2. The van der Waals surface area contributed by atoms with Gasteiger partial charge in [0.2, 0.25) is 5.91 Å². The fourth-order valence-corrected chi connectivity index (χ4v) is 6.47. The Labute approximate surface area is 273 Å². The van der Waals surface area contributed by atoms with Crippen molar-refractivity contribution in [1.29, 1.82) is 0 Å². The van der Waals surface area contributed by atoms with Crippen molar-refractivity contribution in [1.82, 2.24) is 4.90 Å². The van der Waals surface area contributed by atoms with Crippen molar-refractivity contribution >= 4 is 35.0 Å². The molecule has 8 heteroatoms. The molecule has 3 aromatic rings. The van der Waals surface area contributed by atoms with Gasteiger partial charge in [-0.3, -0.25) is 4.79 Å². The van der Waals surface area contributed by atoms with E-state index in [4.69, 9.17) is 21.1 Å². The predicted octanol–water partition coefficient (Wildman–Crippen LogP) is 8.02. The number of rotatable bonds is 10. The summed E-state index contributed by atoms with van der Waals surface area (Å²) < 4.78 is 11.0. The average molecular weight is 632 g/mol. The zero-order valence-electron chi connectivity index (χ0n) is 27.2. The second-order valence-corrected chi connectivity index (χ2v) is 13.7. The summed E-state index contributed by atoms with van der Waals surface area (Å²) >= 11 is 6.67. The van der Waals surface area contributed by atoms with Crippen LogP contribution in [0.25, 0.3) is 11.1 Å². The Balaban J connectivity index is 1.49. The smallest absolute Gasteiger partial charge is 0.410 e. The number of carbonyl (C=O) groups excluding carboxylic acids is 2. The first-order chi connectivity index (χ1) is 21.6. The molecule has 240 valence electrons. The highest BCUT2D eigenvalue weighted by atomic mass is 35.5. The molecule has 1 saturated carbocycles. The Morgan fingerprint density at radius 3 is 2.38 bits per heavy atom. The zero-order chi connectivity index (χ0) is 32.1. The number of nitrogens with zero attached hydrogens (tertiary/aromatic N) is 3. The highest BCUT2D eigenvalue weighted by Crippen LogP contribution is 2.42. The predicted molar refractivity (Wildman–Crippen MR) is 182 cm³/mol. The van der Waals surface area contributed by atoms with Crippen molar-refractivity contribution in [3.63, 3.8) is 0 Å². The van der Waals surface area contributed by atoms with Gasteiger partial charge in [-0.25, -0.2) is 4.79 Å². The van der Waals surface area contributed by atoms with Crippen LogP contribution < -0.4 is 9.80 Å². The standard InChI is InChI=1S/C37H46ClN3O4/c1-37(2,3)45-36(43)40-21-19-31(28-14-9-13-27(23-28)26-11-7-6-8-12-26)32(25-40)35(42)41(29-15-16-29)30-17-18-33(38)34(24-30)39(4)20-10-22-44-5/h6-9,11-14,17-18,23-24,29,31-32H,10,15-16,19-22,25H2,1-5H3/t31-,32+/m1/s1. The molecule has 1 aliphatic heterocycles. The molecule has 45 heavy (non-hydrogen) atoms. The molecule has 1 aliphatic carbocycles. The van der Waals surface area contributed by atoms with Crippen LogP contribution in [0.2, 0.25) is 5.02 Å². The van der Waals surface area contributed by atoms with Gasteiger partial charge in [-0.05, 0) is 87.3 Å². The molecule has 1 saturated heterocycles. The Kier molecular flexibility index (Phi) is 10.4. The van der Waals surface area contributed by atoms with Crippen LogP contribution >= 0.6 is 11.6 Å².